The van der Waals surface area contributed by atoms with Crippen molar-refractivity contribution >= 4 is 11.7 Å². The Morgan fingerprint density at radius 3 is 2.58 bits per heavy atom. The topological polar surface area (TPSA) is 78.9 Å². The summed E-state index contributed by atoms with van der Waals surface area (Å²) < 4.78 is 0. The number of hydrogen-bond acceptors (Lipinski definition) is 3. The van der Waals surface area contributed by atoms with Crippen molar-refractivity contribution in [2.75, 3.05) is 6.54 Å². The summed E-state index contributed by atoms with van der Waals surface area (Å²) in [6, 6.07) is 7.77. The maximum absolute atomic E-state index is 12.3. The Bertz CT molecular complexity index is 470. The first-order valence-electron chi connectivity index (χ1n) is 6.26. The van der Waals surface area contributed by atoms with E-state index in [2.05, 4.69) is 5.16 Å². The molecule has 0 aromatic heterocycles. The van der Waals surface area contributed by atoms with Crippen LogP contribution in [-0.2, 0) is 11.2 Å². The molecule has 19 heavy (non-hydrogen) atoms. The van der Waals surface area contributed by atoms with Crippen molar-refractivity contribution in [1.82, 2.24) is 4.90 Å². The molecule has 1 aromatic rings. The molecule has 0 aliphatic carbocycles. The van der Waals surface area contributed by atoms with E-state index in [0.29, 0.717) is 6.42 Å². The third-order valence-electron chi connectivity index (χ3n) is 3.01. The van der Waals surface area contributed by atoms with E-state index in [1.165, 1.54) is 0 Å². The summed E-state index contributed by atoms with van der Waals surface area (Å²) >= 11 is 0. The van der Waals surface area contributed by atoms with Crippen molar-refractivity contribution in [2.45, 2.75) is 33.2 Å². The van der Waals surface area contributed by atoms with Crippen molar-refractivity contribution in [3.8, 4) is 0 Å². The summed E-state index contributed by atoms with van der Waals surface area (Å²) in [7, 11) is 0. The lowest BCUT2D eigenvalue weighted by Gasteiger charge is -2.26. The van der Waals surface area contributed by atoms with Crippen LogP contribution < -0.4 is 5.73 Å². The summed E-state index contributed by atoms with van der Waals surface area (Å²) in [4.78, 5) is 13.9. The predicted molar refractivity (Wildman–Crippen MR) is 75.1 cm³/mol. The highest BCUT2D eigenvalue weighted by atomic mass is 16.4. The second-order valence-electron chi connectivity index (χ2n) is 4.81. The lowest BCUT2D eigenvalue weighted by molar-refractivity contribution is -0.131. The lowest BCUT2D eigenvalue weighted by Crippen LogP contribution is -2.43. The Balaban J connectivity index is 2.81. The van der Waals surface area contributed by atoms with Crippen molar-refractivity contribution < 1.29 is 10.0 Å². The van der Waals surface area contributed by atoms with E-state index in [1.807, 2.05) is 45.0 Å². The van der Waals surface area contributed by atoms with Gasteiger partial charge >= 0.3 is 0 Å². The third-order valence-corrected chi connectivity index (χ3v) is 3.01. The average Bonchev–Trinajstić information content (AvgIpc) is 2.37. The molecule has 0 fully saturated rings. The number of oxime groups is 1. The van der Waals surface area contributed by atoms with Gasteiger partial charge in [0.2, 0.25) is 5.91 Å². The molecule has 0 heterocycles. The second-order valence-corrected chi connectivity index (χ2v) is 4.81. The van der Waals surface area contributed by atoms with Gasteiger partial charge in [0.1, 0.15) is 0 Å². The standard InChI is InChI=1S/C14H21N3O2/c1-10(2)17(9-13(15)16-19)14(18)8-12-7-5-4-6-11(12)3/h4-7,10,19H,8-9H2,1-3H3,(H2,15,16). The average molecular weight is 263 g/mol. The summed E-state index contributed by atoms with van der Waals surface area (Å²) in [5.74, 6) is 0.00253. The highest BCUT2D eigenvalue weighted by Crippen LogP contribution is 2.10. The quantitative estimate of drug-likeness (QED) is 0.366. The Hall–Kier alpha value is -2.04. The summed E-state index contributed by atoms with van der Waals surface area (Å²) in [5.41, 5.74) is 7.56. The van der Waals surface area contributed by atoms with Crippen LogP contribution in [0.3, 0.4) is 0 Å². The number of nitrogens with two attached hydrogens (primary N) is 1. The van der Waals surface area contributed by atoms with Gasteiger partial charge in [0, 0.05) is 6.04 Å². The van der Waals surface area contributed by atoms with E-state index in [4.69, 9.17) is 10.9 Å². The molecular formula is C14H21N3O2. The molecule has 3 N–H and O–H groups in total. The Labute approximate surface area is 113 Å². The fourth-order valence-corrected chi connectivity index (χ4v) is 1.84. The van der Waals surface area contributed by atoms with Gasteiger partial charge in [0.25, 0.3) is 0 Å². The molecule has 5 nitrogen and oxygen atoms in total. The first-order chi connectivity index (χ1) is 8.95. The van der Waals surface area contributed by atoms with Crippen LogP contribution in [0, 0.1) is 6.92 Å². The Morgan fingerprint density at radius 2 is 2.05 bits per heavy atom. The van der Waals surface area contributed by atoms with Gasteiger partial charge in [0.05, 0.1) is 13.0 Å². The highest BCUT2D eigenvalue weighted by Gasteiger charge is 2.19. The Morgan fingerprint density at radius 1 is 1.42 bits per heavy atom. The number of rotatable bonds is 5. The Kier molecular flexibility index (Phi) is 5.36. The number of benzene rings is 1. The van der Waals surface area contributed by atoms with Crippen LogP contribution in [-0.4, -0.2) is 34.4 Å². The molecule has 0 atom stereocenters. The number of aryl methyl sites for hydroxylation is 1. The molecule has 0 radical (unpaired) electrons. The van der Waals surface area contributed by atoms with Gasteiger partial charge in [-0.3, -0.25) is 4.79 Å². The second kappa shape index (κ2) is 6.78. The van der Waals surface area contributed by atoms with E-state index < -0.39 is 0 Å². The van der Waals surface area contributed by atoms with E-state index in [9.17, 15) is 4.79 Å². The van der Waals surface area contributed by atoms with Gasteiger partial charge < -0.3 is 15.8 Å². The van der Waals surface area contributed by atoms with Crippen LogP contribution in [0.5, 0.6) is 0 Å². The van der Waals surface area contributed by atoms with Gasteiger partial charge in [-0.2, -0.15) is 0 Å². The largest absolute Gasteiger partial charge is 0.409 e. The number of carbonyl (C=O) groups is 1. The molecule has 0 saturated heterocycles. The zero-order chi connectivity index (χ0) is 14.4. The monoisotopic (exact) mass is 263 g/mol. The summed E-state index contributed by atoms with van der Waals surface area (Å²) in [6.45, 7) is 5.92. The van der Waals surface area contributed by atoms with Crippen LogP contribution in [0.1, 0.15) is 25.0 Å². The zero-order valence-electron chi connectivity index (χ0n) is 11.6. The number of amidine groups is 1. The lowest BCUT2D eigenvalue weighted by atomic mass is 10.0. The van der Waals surface area contributed by atoms with Crippen LogP contribution in [0.15, 0.2) is 29.4 Å². The molecule has 1 rings (SSSR count). The number of amides is 1. The minimum Gasteiger partial charge on any atom is -0.409 e. The first kappa shape index (κ1) is 15.0. The smallest absolute Gasteiger partial charge is 0.227 e. The van der Waals surface area contributed by atoms with Crippen molar-refractivity contribution in [3.05, 3.63) is 35.4 Å². The fraction of sp³-hybridized carbons (Fsp3) is 0.429. The molecule has 0 aliphatic rings. The van der Waals surface area contributed by atoms with E-state index in [0.717, 1.165) is 11.1 Å². The third kappa shape index (κ3) is 4.28. The molecule has 5 heteroatoms. The van der Waals surface area contributed by atoms with Crippen molar-refractivity contribution in [2.24, 2.45) is 10.9 Å². The van der Waals surface area contributed by atoms with Crippen LogP contribution >= 0.6 is 0 Å². The molecule has 0 saturated carbocycles. The number of carbonyl (C=O) groups excluding carboxylic acids is 1. The zero-order valence-corrected chi connectivity index (χ0v) is 11.6. The predicted octanol–water partition coefficient (Wildman–Crippen LogP) is 1.52. The normalized spacial score (nSPS) is 11.7. The SMILES string of the molecule is Cc1ccccc1CC(=O)N(CC(N)=NO)C(C)C. The van der Waals surface area contributed by atoms with Crippen LogP contribution in [0.2, 0.25) is 0 Å². The first-order valence-corrected chi connectivity index (χ1v) is 6.26. The fourth-order valence-electron chi connectivity index (χ4n) is 1.84. The summed E-state index contributed by atoms with van der Waals surface area (Å²) in [5, 5.41) is 11.5. The van der Waals surface area contributed by atoms with Gasteiger partial charge in [0.15, 0.2) is 5.84 Å². The minimum absolute atomic E-state index is 0.00295. The molecule has 104 valence electrons. The van der Waals surface area contributed by atoms with Gasteiger partial charge in [-0.15, -0.1) is 0 Å². The maximum Gasteiger partial charge on any atom is 0.227 e. The summed E-state index contributed by atoms with van der Waals surface area (Å²) in [6.07, 6.45) is 0.323. The van der Waals surface area contributed by atoms with Crippen molar-refractivity contribution in [1.29, 1.82) is 0 Å². The van der Waals surface area contributed by atoms with E-state index in [-0.39, 0.29) is 24.3 Å². The molecule has 0 aliphatic heterocycles. The maximum atomic E-state index is 12.3. The van der Waals surface area contributed by atoms with E-state index >= 15 is 0 Å². The highest BCUT2D eigenvalue weighted by molar-refractivity contribution is 5.88. The van der Waals surface area contributed by atoms with Gasteiger partial charge in [-0.1, -0.05) is 29.4 Å². The van der Waals surface area contributed by atoms with Crippen LogP contribution in [0.4, 0.5) is 0 Å². The minimum atomic E-state index is -0.0316. The molecule has 0 unspecified atom stereocenters. The molecule has 1 aromatic carbocycles. The molecule has 0 spiro atoms. The molecule has 1 amide bonds. The van der Waals surface area contributed by atoms with Gasteiger partial charge in [-0.05, 0) is 31.9 Å². The van der Waals surface area contributed by atoms with Crippen molar-refractivity contribution in [3.63, 3.8) is 0 Å². The van der Waals surface area contributed by atoms with Crippen LogP contribution in [0.25, 0.3) is 0 Å². The van der Waals surface area contributed by atoms with E-state index in [1.54, 1.807) is 4.90 Å². The molecule has 0 bridgehead atoms. The molecular weight excluding hydrogens is 242 g/mol. The van der Waals surface area contributed by atoms with Gasteiger partial charge in [-0.25, -0.2) is 0 Å². The number of hydrogen-bond donors (Lipinski definition) is 2. The number of nitrogens with zero attached hydrogens (tertiary/aromatic N) is 2.